The molecule has 0 aliphatic carbocycles. The molecule has 11 heavy (non-hydrogen) atoms. The van der Waals surface area contributed by atoms with Crippen LogP contribution in [0.25, 0.3) is 0 Å². The van der Waals surface area contributed by atoms with Gasteiger partial charge in [-0.2, -0.15) is 0 Å². The molecule has 1 rings (SSSR count). The van der Waals surface area contributed by atoms with Gasteiger partial charge in [0, 0.05) is 0 Å². The van der Waals surface area contributed by atoms with E-state index in [-0.39, 0.29) is 5.15 Å². The van der Waals surface area contributed by atoms with Gasteiger partial charge >= 0.3 is 0 Å². The average molecular weight is 193 g/mol. The highest BCUT2D eigenvalue weighted by molar-refractivity contribution is 6.41. The van der Waals surface area contributed by atoms with E-state index in [9.17, 15) is 0 Å². The van der Waals surface area contributed by atoms with Gasteiger partial charge in [0.1, 0.15) is 5.15 Å². The number of nitrogens with two attached hydrogens (primary N) is 1. The third kappa shape index (κ3) is 3.44. The monoisotopic (exact) mass is 192 g/mol. The zero-order valence-electron chi connectivity index (χ0n) is 6.44. The zero-order valence-corrected chi connectivity index (χ0v) is 7.95. The van der Waals surface area contributed by atoms with Crippen molar-refractivity contribution in [3.8, 4) is 0 Å². The van der Waals surface area contributed by atoms with Gasteiger partial charge in [0.15, 0.2) is 0 Å². The second kappa shape index (κ2) is 5.22. The summed E-state index contributed by atoms with van der Waals surface area (Å²) in [5, 5.41) is 0.669. The summed E-state index contributed by atoms with van der Waals surface area (Å²) in [5.74, 6) is 0. The molecule has 0 radical (unpaired) electrons. The first kappa shape index (κ1) is 10.5. The first-order valence-electron chi connectivity index (χ1n) is 3.26. The fourth-order valence-corrected chi connectivity index (χ4v) is 0.714. The van der Waals surface area contributed by atoms with Crippen molar-refractivity contribution in [3.05, 3.63) is 22.4 Å². The van der Waals surface area contributed by atoms with Crippen LogP contribution < -0.4 is 5.73 Å². The number of hydrogen-bond donors (Lipinski definition) is 1. The number of rotatable bonds is 0. The minimum Gasteiger partial charge on any atom is -0.397 e. The quantitative estimate of drug-likeness (QED) is 0.643. The van der Waals surface area contributed by atoms with Crippen molar-refractivity contribution in [2.75, 3.05) is 5.73 Å². The number of nitrogen functional groups attached to an aromatic ring is 1. The maximum atomic E-state index is 5.54. The molecular weight excluding hydrogens is 183 g/mol. The molecule has 2 N–H and O–H groups in total. The van der Waals surface area contributed by atoms with E-state index in [2.05, 4.69) is 4.98 Å². The highest BCUT2D eigenvalue weighted by Crippen LogP contribution is 2.19. The summed E-state index contributed by atoms with van der Waals surface area (Å²) in [6.07, 6.45) is 1.45. The second-order valence-corrected chi connectivity index (χ2v) is 2.31. The minimum absolute atomic E-state index is 0.283. The molecule has 62 valence electrons. The van der Waals surface area contributed by atoms with Crippen LogP contribution in [0.5, 0.6) is 0 Å². The molecule has 0 aliphatic rings. The molecule has 2 nitrogen and oxygen atoms in total. The van der Waals surface area contributed by atoms with Gasteiger partial charge in [0.2, 0.25) is 0 Å². The third-order valence-electron chi connectivity index (χ3n) is 0.817. The molecular formula is C7H10Cl2N2. The van der Waals surface area contributed by atoms with Crippen LogP contribution in [-0.2, 0) is 0 Å². The van der Waals surface area contributed by atoms with Gasteiger partial charge in [-0.3, -0.25) is 0 Å². The lowest BCUT2D eigenvalue weighted by molar-refractivity contribution is 1.33. The zero-order chi connectivity index (χ0) is 8.85. The van der Waals surface area contributed by atoms with Crippen molar-refractivity contribution in [1.82, 2.24) is 4.98 Å². The van der Waals surface area contributed by atoms with Crippen LogP contribution in [0.15, 0.2) is 12.3 Å². The molecule has 4 heteroatoms. The summed E-state index contributed by atoms with van der Waals surface area (Å²) in [6.45, 7) is 4.00. The molecule has 0 fully saturated rings. The first-order chi connectivity index (χ1) is 5.20. The van der Waals surface area contributed by atoms with Gasteiger partial charge in [-0.25, -0.2) is 4.98 Å². The summed E-state index contributed by atoms with van der Waals surface area (Å²) < 4.78 is 0. The number of anilines is 1. The van der Waals surface area contributed by atoms with Crippen LogP contribution in [-0.4, -0.2) is 4.98 Å². The molecule has 0 aliphatic heterocycles. The number of pyridine rings is 1. The number of hydrogen-bond acceptors (Lipinski definition) is 2. The number of halogens is 2. The Bertz CT molecular complexity index is 226. The van der Waals surface area contributed by atoms with Gasteiger partial charge in [-0.15, -0.1) is 0 Å². The second-order valence-electron chi connectivity index (χ2n) is 1.54. The number of aromatic nitrogens is 1. The molecule has 1 aromatic rings. The van der Waals surface area contributed by atoms with Crippen LogP contribution in [0.1, 0.15) is 13.8 Å². The van der Waals surface area contributed by atoms with Crippen LogP contribution in [0, 0.1) is 0 Å². The number of nitrogens with zero attached hydrogens (tertiary/aromatic N) is 1. The summed E-state index contributed by atoms with van der Waals surface area (Å²) in [7, 11) is 0. The Morgan fingerprint density at radius 1 is 1.36 bits per heavy atom. The van der Waals surface area contributed by atoms with E-state index in [0.29, 0.717) is 10.7 Å². The van der Waals surface area contributed by atoms with E-state index in [1.807, 2.05) is 13.8 Å². The molecule has 0 aromatic carbocycles. The van der Waals surface area contributed by atoms with E-state index < -0.39 is 0 Å². The molecule has 0 saturated carbocycles. The Balaban J connectivity index is 0.000000461. The normalized spacial score (nSPS) is 8.36. The lowest BCUT2D eigenvalue weighted by Crippen LogP contribution is -1.85. The summed E-state index contributed by atoms with van der Waals surface area (Å²) in [6, 6.07) is 1.55. The summed E-state index contributed by atoms with van der Waals surface area (Å²) >= 11 is 11.0. The van der Waals surface area contributed by atoms with Gasteiger partial charge in [-0.1, -0.05) is 37.0 Å². The van der Waals surface area contributed by atoms with Crippen molar-refractivity contribution >= 4 is 28.9 Å². The maximum Gasteiger partial charge on any atom is 0.147 e. The fourth-order valence-electron chi connectivity index (χ4n) is 0.436. The predicted octanol–water partition coefficient (Wildman–Crippen LogP) is 3.00. The van der Waals surface area contributed by atoms with Gasteiger partial charge in [-0.05, 0) is 6.07 Å². The maximum absolute atomic E-state index is 5.54. The summed E-state index contributed by atoms with van der Waals surface area (Å²) in [4.78, 5) is 3.69. The van der Waals surface area contributed by atoms with Crippen LogP contribution in [0.2, 0.25) is 10.2 Å². The SMILES string of the molecule is CC.Nc1cnc(Cl)c(Cl)c1. The van der Waals surface area contributed by atoms with Crippen LogP contribution in [0.3, 0.4) is 0 Å². The van der Waals surface area contributed by atoms with Crippen molar-refractivity contribution in [1.29, 1.82) is 0 Å². The molecule has 1 aromatic heterocycles. The highest BCUT2D eigenvalue weighted by Gasteiger charge is 1.95. The van der Waals surface area contributed by atoms with Crippen LogP contribution in [0.4, 0.5) is 5.69 Å². The summed E-state index contributed by atoms with van der Waals surface area (Å²) in [5.41, 5.74) is 5.84. The lowest BCUT2D eigenvalue weighted by Gasteiger charge is -1.93. The largest absolute Gasteiger partial charge is 0.397 e. The Labute approximate surface area is 76.3 Å². The highest BCUT2D eigenvalue weighted by atomic mass is 35.5. The standard InChI is InChI=1S/C5H4Cl2N2.C2H6/c6-4-1-3(8)2-9-5(4)7;1-2/h1-2H,8H2;1-2H3. The molecule has 0 amide bonds. The van der Waals surface area contributed by atoms with E-state index in [1.165, 1.54) is 6.20 Å². The average Bonchev–Trinajstić information content (AvgIpc) is 2.02. The topological polar surface area (TPSA) is 38.9 Å². The molecule has 0 bridgehead atoms. The Hall–Kier alpha value is -0.470. The third-order valence-corrected chi connectivity index (χ3v) is 1.50. The van der Waals surface area contributed by atoms with Crippen molar-refractivity contribution < 1.29 is 0 Å². The Morgan fingerprint density at radius 2 is 1.91 bits per heavy atom. The fraction of sp³-hybridized carbons (Fsp3) is 0.286. The van der Waals surface area contributed by atoms with Crippen molar-refractivity contribution in [2.24, 2.45) is 0 Å². The van der Waals surface area contributed by atoms with Crippen molar-refractivity contribution in [2.45, 2.75) is 13.8 Å². The predicted molar refractivity (Wildman–Crippen MR) is 50.0 cm³/mol. The van der Waals surface area contributed by atoms with E-state index in [0.717, 1.165) is 0 Å². The van der Waals surface area contributed by atoms with Crippen LogP contribution >= 0.6 is 23.2 Å². The van der Waals surface area contributed by atoms with Gasteiger partial charge < -0.3 is 5.73 Å². The van der Waals surface area contributed by atoms with Crippen molar-refractivity contribution in [3.63, 3.8) is 0 Å². The smallest absolute Gasteiger partial charge is 0.147 e. The van der Waals surface area contributed by atoms with E-state index in [1.54, 1.807) is 6.07 Å². The van der Waals surface area contributed by atoms with Gasteiger partial charge in [0.25, 0.3) is 0 Å². The van der Waals surface area contributed by atoms with E-state index >= 15 is 0 Å². The molecule has 0 unspecified atom stereocenters. The lowest BCUT2D eigenvalue weighted by atomic mass is 10.4. The first-order valence-corrected chi connectivity index (χ1v) is 4.02. The molecule has 0 saturated heterocycles. The molecule has 0 spiro atoms. The van der Waals surface area contributed by atoms with Gasteiger partial charge in [0.05, 0.1) is 16.9 Å². The molecule has 1 heterocycles. The van der Waals surface area contributed by atoms with E-state index in [4.69, 9.17) is 28.9 Å². The Morgan fingerprint density at radius 3 is 2.27 bits per heavy atom. The molecule has 0 atom stereocenters. The minimum atomic E-state index is 0.283. The Kier molecular flexibility index (Phi) is 4.99.